The van der Waals surface area contributed by atoms with Crippen molar-refractivity contribution in [3.8, 4) is 0 Å². The molecule has 0 radical (unpaired) electrons. The Hall–Kier alpha value is -2.76. The first kappa shape index (κ1) is 36.3. The lowest BCUT2D eigenvalue weighted by Gasteiger charge is -2.39. The maximum Gasteiger partial charge on any atom is 0.0700 e. The number of hydrogen-bond acceptors (Lipinski definition) is 4. The van der Waals surface area contributed by atoms with E-state index in [9.17, 15) is 0 Å². The number of hydrogen-bond donors (Lipinski definition) is 3. The molecule has 2 heterocycles. The summed E-state index contributed by atoms with van der Waals surface area (Å²) in [7, 11) is 1.50. The Morgan fingerprint density at radius 1 is 1.05 bits per heavy atom. The smallest absolute Gasteiger partial charge is 0.0700 e. The number of piperidine rings is 1. The van der Waals surface area contributed by atoms with Crippen LogP contribution in [0.5, 0.6) is 0 Å². The largest absolute Gasteiger partial charge is 0.371 e. The SMILES string of the molecule is C=C(C(/C=C\C)=C/C)N1CCC(C(=C)N(CN)/C(C)=C(\C)c2cc3c([nH]2)C(C2CC2)=CCC3)CC1.CC.CC.CN. The lowest BCUT2D eigenvalue weighted by molar-refractivity contribution is 0.226. The Morgan fingerprint density at radius 2 is 1.66 bits per heavy atom. The maximum atomic E-state index is 6.30. The van der Waals surface area contributed by atoms with Crippen LogP contribution in [0, 0.1) is 11.8 Å². The summed E-state index contributed by atoms with van der Waals surface area (Å²) in [5, 5.41) is 0. The van der Waals surface area contributed by atoms with Crippen molar-refractivity contribution in [2.24, 2.45) is 23.3 Å². The van der Waals surface area contributed by atoms with E-state index in [0.717, 1.165) is 49.7 Å². The molecule has 2 aliphatic carbocycles. The van der Waals surface area contributed by atoms with Gasteiger partial charge in [-0.1, -0.05) is 65.2 Å². The molecule has 1 aromatic heterocycles. The van der Waals surface area contributed by atoms with Crippen LogP contribution in [0.2, 0.25) is 0 Å². The number of rotatable bonds is 9. The van der Waals surface area contributed by atoms with Crippen molar-refractivity contribution in [2.45, 2.75) is 93.9 Å². The molecule has 0 spiro atoms. The molecular formula is C36H61N5. The van der Waals surface area contributed by atoms with Gasteiger partial charge >= 0.3 is 0 Å². The standard InChI is InChI=1S/C31H44N4.2C2H6.CH5N/c1-7-10-25(8-2)23(5)34-17-15-26(16-18-34)24(6)35(20-32)22(4)21(3)30-19-28-11-9-12-29(27-13-14-27)31(28)33-30;3*1-2/h7-8,10,12,19,26-27,33H,5-6,9,11,13-18,20,32H2,1-4H3;2*1-2H3;2H2,1H3/b10-7-,22-21+,25-8+;;;. The number of H-pyrrole nitrogens is 1. The van der Waals surface area contributed by atoms with Gasteiger partial charge in [0.25, 0.3) is 0 Å². The van der Waals surface area contributed by atoms with Crippen LogP contribution >= 0.6 is 0 Å². The quantitative estimate of drug-likeness (QED) is 0.208. The van der Waals surface area contributed by atoms with Gasteiger partial charge in [0, 0.05) is 47.5 Å². The number of likely N-dealkylation sites (tertiary alicyclic amines) is 1. The van der Waals surface area contributed by atoms with Gasteiger partial charge in [-0.05, 0) is 108 Å². The van der Waals surface area contributed by atoms with Crippen LogP contribution in [0.4, 0.5) is 0 Å². The summed E-state index contributed by atoms with van der Waals surface area (Å²) in [4.78, 5) is 8.42. The number of nitrogens with zero attached hydrogens (tertiary/aromatic N) is 2. The zero-order valence-corrected chi connectivity index (χ0v) is 27.9. The molecule has 3 aliphatic rings. The predicted molar refractivity (Wildman–Crippen MR) is 183 cm³/mol. The minimum absolute atomic E-state index is 0.433. The molecule has 0 unspecified atom stereocenters. The molecule has 0 atom stereocenters. The molecule has 2 fully saturated rings. The van der Waals surface area contributed by atoms with Crippen LogP contribution in [0.25, 0.3) is 11.1 Å². The van der Waals surface area contributed by atoms with Crippen LogP contribution in [-0.2, 0) is 6.42 Å². The first-order chi connectivity index (χ1) is 19.9. The minimum atomic E-state index is 0.433. The van der Waals surface area contributed by atoms with E-state index in [1.165, 1.54) is 60.1 Å². The third-order valence-corrected chi connectivity index (χ3v) is 8.20. The van der Waals surface area contributed by atoms with Gasteiger partial charge in [0.2, 0.25) is 0 Å². The van der Waals surface area contributed by atoms with Gasteiger partial charge in [-0.3, -0.25) is 0 Å². The predicted octanol–water partition coefficient (Wildman–Crippen LogP) is 8.61. The summed E-state index contributed by atoms with van der Waals surface area (Å²) < 4.78 is 0. The zero-order valence-electron chi connectivity index (χ0n) is 27.9. The molecule has 5 heteroatoms. The normalized spacial score (nSPS) is 17.5. The maximum absolute atomic E-state index is 6.30. The van der Waals surface area contributed by atoms with Gasteiger partial charge in [-0.25, -0.2) is 0 Å². The Labute approximate surface area is 252 Å². The highest BCUT2D eigenvalue weighted by Gasteiger charge is 2.31. The van der Waals surface area contributed by atoms with Gasteiger partial charge < -0.3 is 26.3 Å². The molecule has 4 rings (SSSR count). The first-order valence-corrected chi connectivity index (χ1v) is 16.0. The second kappa shape index (κ2) is 18.6. The third-order valence-electron chi connectivity index (χ3n) is 8.20. The van der Waals surface area contributed by atoms with Crippen molar-refractivity contribution in [1.29, 1.82) is 0 Å². The molecule has 41 heavy (non-hydrogen) atoms. The number of allylic oxidation sites excluding steroid dienone is 8. The zero-order chi connectivity index (χ0) is 31.1. The number of nitrogens with two attached hydrogens (primary N) is 2. The average Bonchev–Trinajstić information content (AvgIpc) is 3.79. The van der Waals surface area contributed by atoms with E-state index in [2.05, 4.69) is 91.7 Å². The summed E-state index contributed by atoms with van der Waals surface area (Å²) in [5.41, 5.74) is 22.4. The van der Waals surface area contributed by atoms with Crippen molar-refractivity contribution < 1.29 is 0 Å². The van der Waals surface area contributed by atoms with Crippen LogP contribution in [-0.4, -0.2) is 41.6 Å². The van der Waals surface area contributed by atoms with E-state index in [4.69, 9.17) is 5.73 Å². The van der Waals surface area contributed by atoms with E-state index in [-0.39, 0.29) is 0 Å². The molecule has 1 aliphatic heterocycles. The minimum Gasteiger partial charge on any atom is -0.371 e. The third kappa shape index (κ3) is 9.11. The summed E-state index contributed by atoms with van der Waals surface area (Å²) in [5.74, 6) is 1.21. The number of aromatic amines is 1. The second-order valence-corrected chi connectivity index (χ2v) is 10.3. The van der Waals surface area contributed by atoms with Crippen LogP contribution in [0.15, 0.2) is 66.2 Å². The fourth-order valence-corrected chi connectivity index (χ4v) is 5.70. The molecular weight excluding hydrogens is 502 g/mol. The van der Waals surface area contributed by atoms with Gasteiger partial charge in [0.1, 0.15) is 0 Å². The van der Waals surface area contributed by atoms with Gasteiger partial charge in [-0.15, -0.1) is 0 Å². The molecule has 1 aromatic rings. The summed E-state index contributed by atoms with van der Waals surface area (Å²) >= 11 is 0. The Morgan fingerprint density at radius 3 is 2.17 bits per heavy atom. The van der Waals surface area contributed by atoms with E-state index < -0.39 is 0 Å². The monoisotopic (exact) mass is 563 g/mol. The van der Waals surface area contributed by atoms with Crippen molar-refractivity contribution in [2.75, 3.05) is 26.8 Å². The van der Waals surface area contributed by atoms with Crippen LogP contribution in [0.3, 0.4) is 0 Å². The number of fused-ring (bicyclic) bond motifs is 1. The van der Waals surface area contributed by atoms with E-state index in [1.807, 2.05) is 27.7 Å². The highest BCUT2D eigenvalue weighted by Crippen LogP contribution is 2.45. The molecule has 0 bridgehead atoms. The topological polar surface area (TPSA) is 74.3 Å². The first-order valence-electron chi connectivity index (χ1n) is 16.0. The average molecular weight is 564 g/mol. The van der Waals surface area contributed by atoms with Gasteiger partial charge in [-0.2, -0.15) is 0 Å². The highest BCUT2D eigenvalue weighted by molar-refractivity contribution is 5.75. The van der Waals surface area contributed by atoms with Crippen molar-refractivity contribution in [3.05, 3.63) is 83.1 Å². The number of aromatic nitrogens is 1. The Balaban J connectivity index is 0.00000131. The molecule has 230 valence electrons. The molecule has 5 nitrogen and oxygen atoms in total. The van der Waals surface area contributed by atoms with E-state index >= 15 is 0 Å². The Bertz CT molecular complexity index is 1090. The number of nitrogens with one attached hydrogen (secondary N) is 1. The highest BCUT2D eigenvalue weighted by atomic mass is 15.2. The fourth-order valence-electron chi connectivity index (χ4n) is 5.70. The summed E-state index contributed by atoms with van der Waals surface area (Å²) in [6.07, 6.45) is 15.9. The molecule has 5 N–H and O–H groups in total. The van der Waals surface area contributed by atoms with Crippen LogP contribution < -0.4 is 11.5 Å². The fraction of sp³-hybridized carbons (Fsp3) is 0.556. The Kier molecular flexibility index (Phi) is 16.5. The molecule has 1 saturated carbocycles. The molecule has 0 aromatic carbocycles. The second-order valence-electron chi connectivity index (χ2n) is 10.3. The molecule has 1 saturated heterocycles. The van der Waals surface area contributed by atoms with Gasteiger partial charge in [0.05, 0.1) is 6.67 Å². The molecule has 0 amide bonds. The van der Waals surface area contributed by atoms with Crippen molar-refractivity contribution >= 4 is 11.1 Å². The lowest BCUT2D eigenvalue weighted by atomic mass is 9.92. The van der Waals surface area contributed by atoms with Crippen LogP contribution in [0.1, 0.15) is 104 Å². The summed E-state index contributed by atoms with van der Waals surface area (Å²) in [6, 6.07) is 2.37. The van der Waals surface area contributed by atoms with E-state index in [1.54, 1.807) is 5.57 Å². The van der Waals surface area contributed by atoms with Crippen molar-refractivity contribution in [3.63, 3.8) is 0 Å². The number of aryl methyl sites for hydroxylation is 1. The van der Waals surface area contributed by atoms with E-state index in [0.29, 0.717) is 12.6 Å². The van der Waals surface area contributed by atoms with Gasteiger partial charge in [0.15, 0.2) is 0 Å². The van der Waals surface area contributed by atoms with Crippen molar-refractivity contribution in [1.82, 2.24) is 14.8 Å². The lowest BCUT2D eigenvalue weighted by Crippen LogP contribution is -2.38. The summed E-state index contributed by atoms with van der Waals surface area (Å²) in [6.45, 7) is 27.9.